The second-order valence-electron chi connectivity index (χ2n) is 6.51. The first kappa shape index (κ1) is 20.8. The van der Waals surface area contributed by atoms with Crippen LogP contribution in [0, 0.1) is 5.82 Å². The quantitative estimate of drug-likeness (QED) is 0.514. The van der Waals surface area contributed by atoms with Gasteiger partial charge in [-0.3, -0.25) is 4.79 Å². The van der Waals surface area contributed by atoms with Crippen molar-refractivity contribution in [2.75, 3.05) is 25.6 Å². The molecule has 0 bridgehead atoms. The molecule has 0 atom stereocenters. The fraction of sp³-hybridized carbons (Fsp3) is 0.238. The first-order valence-electron chi connectivity index (χ1n) is 9.12. The molecular formula is C21H22FN3O3S. The monoisotopic (exact) mass is 415 g/mol. The Morgan fingerprint density at radius 3 is 2.69 bits per heavy atom. The summed E-state index contributed by atoms with van der Waals surface area (Å²) in [4.78, 5) is 17.2. The van der Waals surface area contributed by atoms with E-state index in [9.17, 15) is 14.3 Å². The Kier molecular flexibility index (Phi) is 6.79. The van der Waals surface area contributed by atoms with Crippen LogP contribution in [-0.4, -0.2) is 40.4 Å². The van der Waals surface area contributed by atoms with E-state index >= 15 is 0 Å². The van der Waals surface area contributed by atoms with Crippen LogP contribution in [0.15, 0.2) is 53.3 Å². The van der Waals surface area contributed by atoms with E-state index in [1.165, 1.54) is 12.1 Å². The second kappa shape index (κ2) is 9.49. The summed E-state index contributed by atoms with van der Waals surface area (Å²) in [6.07, 6.45) is 0.491. The second-order valence-corrected chi connectivity index (χ2v) is 6.90. The van der Waals surface area contributed by atoms with Crippen LogP contribution < -0.4 is 15.6 Å². The van der Waals surface area contributed by atoms with Crippen LogP contribution in [0.3, 0.4) is 0 Å². The van der Waals surface area contributed by atoms with E-state index in [0.717, 1.165) is 5.39 Å². The number of pyridine rings is 1. The molecule has 0 aliphatic rings. The maximum absolute atomic E-state index is 13.1. The third-order valence-electron chi connectivity index (χ3n) is 4.46. The number of halogens is 1. The Bertz CT molecular complexity index is 1050. The Labute approximate surface area is 172 Å². The van der Waals surface area contributed by atoms with Crippen molar-refractivity contribution < 1.29 is 14.2 Å². The van der Waals surface area contributed by atoms with Gasteiger partial charge in [-0.05, 0) is 67.2 Å². The number of rotatable bonds is 7. The molecule has 0 radical (unpaired) electrons. The van der Waals surface area contributed by atoms with E-state index in [1.807, 2.05) is 12.1 Å². The molecule has 0 fully saturated rings. The number of aliphatic hydroxyl groups excluding tert-OH is 1. The number of thiocarbonyl (C=S) groups is 1. The topological polar surface area (TPSA) is 77.6 Å². The zero-order valence-corrected chi connectivity index (χ0v) is 16.8. The van der Waals surface area contributed by atoms with Crippen molar-refractivity contribution >= 4 is 33.9 Å². The summed E-state index contributed by atoms with van der Waals surface area (Å²) in [6, 6.07) is 13.1. The van der Waals surface area contributed by atoms with Gasteiger partial charge in [0.25, 0.3) is 5.56 Å². The highest BCUT2D eigenvalue weighted by atomic mass is 32.1. The average Bonchev–Trinajstić information content (AvgIpc) is 2.72. The molecular weight excluding hydrogens is 393 g/mol. The molecule has 3 aromatic rings. The number of hydrogen-bond acceptors (Lipinski definition) is 4. The van der Waals surface area contributed by atoms with Crippen molar-refractivity contribution in [3.63, 3.8) is 0 Å². The lowest BCUT2D eigenvalue weighted by atomic mass is 10.1. The number of aromatic nitrogens is 1. The zero-order valence-electron chi connectivity index (χ0n) is 15.9. The van der Waals surface area contributed by atoms with E-state index in [4.69, 9.17) is 17.0 Å². The summed E-state index contributed by atoms with van der Waals surface area (Å²) in [6.45, 7) is 0.718. The number of nitrogens with one attached hydrogen (secondary N) is 2. The largest absolute Gasteiger partial charge is 0.497 e. The highest BCUT2D eigenvalue weighted by molar-refractivity contribution is 7.80. The molecule has 152 valence electrons. The fourth-order valence-electron chi connectivity index (χ4n) is 2.93. The predicted octanol–water partition coefficient (Wildman–Crippen LogP) is 3.26. The first-order chi connectivity index (χ1) is 14.0. The number of aliphatic hydroxyl groups is 1. The molecule has 0 amide bonds. The van der Waals surface area contributed by atoms with Gasteiger partial charge < -0.3 is 25.0 Å². The minimum absolute atomic E-state index is 0.000930. The van der Waals surface area contributed by atoms with Gasteiger partial charge in [0.05, 0.1) is 13.7 Å². The Morgan fingerprint density at radius 2 is 2.00 bits per heavy atom. The number of fused-ring (bicyclic) bond motifs is 1. The SMILES string of the molecule is COc1ccc2[nH]c(=O)c(CN(CCCO)C(=S)Nc3ccc(F)cc3)cc2c1. The Morgan fingerprint density at radius 1 is 1.24 bits per heavy atom. The number of benzene rings is 2. The van der Waals surface area contributed by atoms with Crippen LogP contribution in [0.2, 0.25) is 0 Å². The van der Waals surface area contributed by atoms with Crippen LogP contribution in [0.5, 0.6) is 5.75 Å². The number of methoxy groups -OCH3 is 1. The zero-order chi connectivity index (χ0) is 20.8. The minimum atomic E-state index is -0.336. The van der Waals surface area contributed by atoms with Crippen LogP contribution in [-0.2, 0) is 6.54 Å². The van der Waals surface area contributed by atoms with Gasteiger partial charge in [0, 0.05) is 35.3 Å². The molecule has 1 heterocycles. The third kappa shape index (κ3) is 5.30. The van der Waals surface area contributed by atoms with Crippen molar-refractivity contribution in [1.82, 2.24) is 9.88 Å². The van der Waals surface area contributed by atoms with Gasteiger partial charge >= 0.3 is 0 Å². The van der Waals surface area contributed by atoms with E-state index in [2.05, 4.69) is 10.3 Å². The number of hydrogen-bond donors (Lipinski definition) is 3. The highest BCUT2D eigenvalue weighted by Gasteiger charge is 2.14. The lowest BCUT2D eigenvalue weighted by Crippen LogP contribution is -2.37. The van der Waals surface area contributed by atoms with Gasteiger partial charge in [0.15, 0.2) is 5.11 Å². The van der Waals surface area contributed by atoms with Crippen molar-refractivity contribution in [3.8, 4) is 5.75 Å². The normalized spacial score (nSPS) is 10.7. The van der Waals surface area contributed by atoms with E-state index in [0.29, 0.717) is 40.6 Å². The smallest absolute Gasteiger partial charge is 0.253 e. The molecule has 2 aromatic carbocycles. The summed E-state index contributed by atoms with van der Waals surface area (Å²) < 4.78 is 18.4. The number of ether oxygens (including phenoxy) is 1. The summed E-state index contributed by atoms with van der Waals surface area (Å²) >= 11 is 5.49. The molecule has 8 heteroatoms. The van der Waals surface area contributed by atoms with Crippen molar-refractivity contribution in [3.05, 3.63) is 70.3 Å². The number of anilines is 1. The van der Waals surface area contributed by atoms with Crippen molar-refractivity contribution in [1.29, 1.82) is 0 Å². The van der Waals surface area contributed by atoms with Crippen molar-refractivity contribution in [2.24, 2.45) is 0 Å². The average molecular weight is 415 g/mol. The standard InChI is InChI=1S/C21H22FN3O3S/c1-28-18-7-8-19-14(12-18)11-15(20(27)24-19)13-25(9-2-10-26)21(29)23-17-5-3-16(22)4-6-17/h3-8,11-12,26H,2,9-10,13H2,1H3,(H,23,29)(H,24,27). The molecule has 0 aliphatic heterocycles. The number of nitrogens with zero attached hydrogens (tertiary/aromatic N) is 1. The van der Waals surface area contributed by atoms with Crippen LogP contribution >= 0.6 is 12.2 Å². The molecule has 29 heavy (non-hydrogen) atoms. The van der Waals surface area contributed by atoms with E-state index in [1.54, 1.807) is 36.3 Å². The molecule has 0 saturated carbocycles. The summed E-state index contributed by atoms with van der Waals surface area (Å²) in [5, 5.41) is 13.5. The molecule has 0 aliphatic carbocycles. The van der Waals surface area contributed by atoms with Gasteiger partial charge in [-0.2, -0.15) is 0 Å². The molecule has 0 unspecified atom stereocenters. The molecule has 3 N–H and O–H groups in total. The van der Waals surface area contributed by atoms with Crippen molar-refractivity contribution in [2.45, 2.75) is 13.0 Å². The maximum Gasteiger partial charge on any atom is 0.253 e. The summed E-state index contributed by atoms with van der Waals surface area (Å²) in [7, 11) is 1.59. The molecule has 3 rings (SSSR count). The molecule has 0 saturated heterocycles. The van der Waals surface area contributed by atoms with Crippen LogP contribution in [0.4, 0.5) is 10.1 Å². The van der Waals surface area contributed by atoms with Gasteiger partial charge in [0.1, 0.15) is 11.6 Å². The van der Waals surface area contributed by atoms with Crippen LogP contribution in [0.25, 0.3) is 10.9 Å². The minimum Gasteiger partial charge on any atom is -0.497 e. The van der Waals surface area contributed by atoms with Gasteiger partial charge in [-0.15, -0.1) is 0 Å². The number of aromatic amines is 1. The van der Waals surface area contributed by atoms with E-state index < -0.39 is 0 Å². The van der Waals surface area contributed by atoms with Gasteiger partial charge in [-0.25, -0.2) is 4.39 Å². The highest BCUT2D eigenvalue weighted by Crippen LogP contribution is 2.19. The molecule has 6 nitrogen and oxygen atoms in total. The number of H-pyrrole nitrogens is 1. The maximum atomic E-state index is 13.1. The van der Waals surface area contributed by atoms with Gasteiger partial charge in [0.2, 0.25) is 0 Å². The summed E-state index contributed by atoms with van der Waals surface area (Å²) in [5.41, 5.74) is 1.68. The molecule has 1 aromatic heterocycles. The fourth-order valence-corrected chi connectivity index (χ4v) is 3.20. The first-order valence-corrected chi connectivity index (χ1v) is 9.53. The third-order valence-corrected chi connectivity index (χ3v) is 4.82. The Hall–Kier alpha value is -2.97. The predicted molar refractivity (Wildman–Crippen MR) is 116 cm³/mol. The lowest BCUT2D eigenvalue weighted by Gasteiger charge is -2.25. The Balaban J connectivity index is 1.85. The van der Waals surface area contributed by atoms with E-state index in [-0.39, 0.29) is 24.5 Å². The molecule has 0 spiro atoms. The lowest BCUT2D eigenvalue weighted by molar-refractivity contribution is 0.266. The van der Waals surface area contributed by atoms with Gasteiger partial charge in [-0.1, -0.05) is 0 Å². The summed E-state index contributed by atoms with van der Waals surface area (Å²) in [5.74, 6) is 0.359. The van der Waals surface area contributed by atoms with Crippen LogP contribution in [0.1, 0.15) is 12.0 Å².